The van der Waals surface area contributed by atoms with Gasteiger partial charge in [0.25, 0.3) is 5.56 Å². The molecule has 1 aliphatic heterocycles. The summed E-state index contributed by atoms with van der Waals surface area (Å²) in [7, 11) is -1.48. The molecule has 0 saturated carbocycles. The summed E-state index contributed by atoms with van der Waals surface area (Å²) in [5.41, 5.74) is 1.33. The fourth-order valence-electron chi connectivity index (χ4n) is 2.22. The molecule has 1 saturated heterocycles. The summed E-state index contributed by atoms with van der Waals surface area (Å²) in [6.07, 6.45) is 1.09. The van der Waals surface area contributed by atoms with E-state index in [0.29, 0.717) is 5.56 Å². The number of aromatic amines is 1. The second kappa shape index (κ2) is 6.33. The summed E-state index contributed by atoms with van der Waals surface area (Å²) in [5, 5.41) is 18.9. The van der Waals surface area contributed by atoms with Gasteiger partial charge in [-0.1, -0.05) is 31.4 Å². The Morgan fingerprint density at radius 1 is 1.45 bits per heavy atom. The Morgan fingerprint density at radius 3 is 2.68 bits per heavy atom. The van der Waals surface area contributed by atoms with E-state index in [1.807, 2.05) is 5.70 Å². The number of hydrogen-bond acceptors (Lipinski definition) is 5. The van der Waals surface area contributed by atoms with E-state index >= 15 is 0 Å². The second-order valence-electron chi connectivity index (χ2n) is 6.57. The van der Waals surface area contributed by atoms with Crippen LogP contribution in [0, 0.1) is 0 Å². The summed E-state index contributed by atoms with van der Waals surface area (Å²) < 4.78 is 6.71. The van der Waals surface area contributed by atoms with Crippen molar-refractivity contribution < 1.29 is 14.9 Å². The topological polar surface area (TPSA) is 105 Å². The fourth-order valence-corrected chi connectivity index (χ4v) is 2.90. The zero-order valence-electron chi connectivity index (χ0n) is 12.9. The molecule has 1 aromatic heterocycles. The lowest BCUT2D eigenvalue weighted by molar-refractivity contribution is -0.0459. The molecule has 0 radical (unpaired) electrons. The van der Waals surface area contributed by atoms with Crippen molar-refractivity contribution in [3.63, 3.8) is 0 Å². The van der Waals surface area contributed by atoms with Crippen molar-refractivity contribution in [1.29, 1.82) is 0 Å². The molecule has 2 heterocycles. The van der Waals surface area contributed by atoms with Gasteiger partial charge in [0.05, 0.1) is 26.3 Å². The second-order valence-corrected chi connectivity index (χ2v) is 11.6. The molecule has 1 fully saturated rings. The smallest absolute Gasteiger partial charge is 0.330 e. The summed E-state index contributed by atoms with van der Waals surface area (Å²) >= 11 is 0. The van der Waals surface area contributed by atoms with Crippen LogP contribution < -0.4 is 11.2 Å². The molecule has 0 aliphatic carbocycles. The molecule has 1 aromatic rings. The Kier molecular flexibility index (Phi) is 4.86. The molecular weight excluding hydrogens is 304 g/mol. The zero-order chi connectivity index (χ0) is 16.5. The largest absolute Gasteiger partial charge is 0.394 e. The van der Waals surface area contributed by atoms with Crippen LogP contribution in [0.4, 0.5) is 0 Å². The number of aliphatic hydroxyl groups excluding tert-OH is 2. The molecule has 0 amide bonds. The van der Waals surface area contributed by atoms with Crippen LogP contribution >= 0.6 is 0 Å². The summed E-state index contributed by atoms with van der Waals surface area (Å²) in [6, 6.07) is 0. The van der Waals surface area contributed by atoms with Crippen LogP contribution in [-0.2, 0) is 4.74 Å². The highest BCUT2D eigenvalue weighted by Gasteiger charge is 2.35. The number of H-pyrrole nitrogens is 1. The lowest BCUT2D eigenvalue weighted by atomic mass is 10.2. The van der Waals surface area contributed by atoms with Gasteiger partial charge >= 0.3 is 5.69 Å². The maximum atomic E-state index is 11.9. The molecule has 3 N–H and O–H groups in total. The van der Waals surface area contributed by atoms with Crippen LogP contribution in [0.5, 0.6) is 0 Å². The first-order valence-corrected chi connectivity index (χ1v) is 10.8. The van der Waals surface area contributed by atoms with Gasteiger partial charge in [-0.3, -0.25) is 14.3 Å². The average Bonchev–Trinajstić information content (AvgIpc) is 2.77. The van der Waals surface area contributed by atoms with E-state index in [2.05, 4.69) is 24.6 Å². The molecule has 3 atom stereocenters. The monoisotopic (exact) mass is 326 g/mol. The Balaban J connectivity index is 2.36. The highest BCUT2D eigenvalue weighted by molar-refractivity contribution is 6.81. The maximum Gasteiger partial charge on any atom is 0.330 e. The van der Waals surface area contributed by atoms with Gasteiger partial charge in [0.15, 0.2) is 0 Å². The SMILES string of the molecule is C[Si](C)(C)C=Cc1cn([C@H]2C[C@H](O)[C@@H](CO)O2)c(=O)[nH]c1=O. The number of rotatable bonds is 4. The molecule has 0 aromatic carbocycles. The third kappa shape index (κ3) is 3.83. The predicted octanol–water partition coefficient (Wildman–Crippen LogP) is 0.0679. The minimum absolute atomic E-state index is 0.189. The lowest BCUT2D eigenvalue weighted by Gasteiger charge is -2.15. The van der Waals surface area contributed by atoms with Gasteiger partial charge in [-0.05, 0) is 0 Å². The van der Waals surface area contributed by atoms with E-state index in [1.165, 1.54) is 10.8 Å². The first kappa shape index (κ1) is 16.9. The van der Waals surface area contributed by atoms with Crippen LogP contribution in [0.25, 0.3) is 6.08 Å². The van der Waals surface area contributed by atoms with Crippen molar-refractivity contribution in [2.45, 2.75) is 44.5 Å². The lowest BCUT2D eigenvalue weighted by Crippen LogP contribution is -2.33. The molecule has 22 heavy (non-hydrogen) atoms. The molecule has 7 nitrogen and oxygen atoms in total. The van der Waals surface area contributed by atoms with Gasteiger partial charge < -0.3 is 14.9 Å². The average molecular weight is 326 g/mol. The molecule has 8 heteroatoms. The number of hydrogen-bond donors (Lipinski definition) is 3. The molecular formula is C14H22N2O5Si. The van der Waals surface area contributed by atoms with E-state index in [0.717, 1.165) is 0 Å². The fraction of sp³-hybridized carbons (Fsp3) is 0.571. The number of aromatic nitrogens is 2. The zero-order valence-corrected chi connectivity index (χ0v) is 13.9. The van der Waals surface area contributed by atoms with Gasteiger partial charge in [-0.25, -0.2) is 4.79 Å². The standard InChI is InChI=1S/C14H22N2O5Si/c1-22(2,3)5-4-9-7-16(14(20)15-13(9)19)12-6-10(18)11(8-17)21-12/h4-5,7,10-12,17-18H,6,8H2,1-3H3,(H,15,19,20)/t10-,11+,12+/m0/s1. The first-order chi connectivity index (χ1) is 10.2. The third-order valence-electron chi connectivity index (χ3n) is 3.45. The van der Waals surface area contributed by atoms with Gasteiger partial charge in [-0.2, -0.15) is 0 Å². The molecule has 122 valence electrons. The minimum atomic E-state index is -1.48. The Hall–Kier alpha value is -1.48. The van der Waals surface area contributed by atoms with Crippen molar-refractivity contribution in [3.8, 4) is 0 Å². The summed E-state index contributed by atoms with van der Waals surface area (Å²) in [5.74, 6) is 0. The number of nitrogens with zero attached hydrogens (tertiary/aromatic N) is 1. The van der Waals surface area contributed by atoms with Crippen molar-refractivity contribution in [3.05, 3.63) is 38.3 Å². The molecule has 2 rings (SSSR count). The van der Waals surface area contributed by atoms with Gasteiger partial charge in [0.2, 0.25) is 0 Å². The van der Waals surface area contributed by atoms with E-state index in [4.69, 9.17) is 9.84 Å². The van der Waals surface area contributed by atoms with Crippen molar-refractivity contribution >= 4 is 14.1 Å². The van der Waals surface area contributed by atoms with E-state index in [-0.39, 0.29) is 13.0 Å². The normalized spacial score (nSPS) is 26.0. The summed E-state index contributed by atoms with van der Waals surface area (Å²) in [4.78, 5) is 26.1. The Bertz CT molecular complexity index is 673. The number of nitrogens with one attached hydrogen (secondary N) is 1. The highest BCUT2D eigenvalue weighted by Crippen LogP contribution is 2.27. The number of ether oxygens (including phenoxy) is 1. The Labute approximate surface area is 128 Å². The van der Waals surface area contributed by atoms with Crippen LogP contribution in [0.1, 0.15) is 18.2 Å². The van der Waals surface area contributed by atoms with Crippen molar-refractivity contribution in [2.24, 2.45) is 0 Å². The molecule has 1 aliphatic rings. The van der Waals surface area contributed by atoms with Crippen LogP contribution in [-0.4, -0.2) is 46.7 Å². The molecule has 0 unspecified atom stereocenters. The van der Waals surface area contributed by atoms with Crippen molar-refractivity contribution in [2.75, 3.05) is 6.61 Å². The van der Waals surface area contributed by atoms with Crippen LogP contribution in [0.3, 0.4) is 0 Å². The van der Waals surface area contributed by atoms with E-state index in [9.17, 15) is 14.7 Å². The van der Waals surface area contributed by atoms with Gasteiger partial charge in [-0.15, -0.1) is 0 Å². The number of aliphatic hydroxyl groups is 2. The first-order valence-electron chi connectivity index (χ1n) is 7.20. The third-order valence-corrected chi connectivity index (χ3v) is 4.62. The van der Waals surface area contributed by atoms with Crippen LogP contribution in [0.2, 0.25) is 19.6 Å². The minimum Gasteiger partial charge on any atom is -0.394 e. The predicted molar refractivity (Wildman–Crippen MR) is 85.3 cm³/mol. The molecule has 0 bridgehead atoms. The van der Waals surface area contributed by atoms with Crippen LogP contribution in [0.15, 0.2) is 21.5 Å². The quantitative estimate of drug-likeness (QED) is 0.679. The Morgan fingerprint density at radius 2 is 2.14 bits per heavy atom. The van der Waals surface area contributed by atoms with E-state index in [1.54, 1.807) is 6.08 Å². The van der Waals surface area contributed by atoms with Crippen molar-refractivity contribution in [1.82, 2.24) is 9.55 Å². The highest BCUT2D eigenvalue weighted by atomic mass is 28.3. The van der Waals surface area contributed by atoms with Gasteiger partial charge in [0, 0.05) is 12.6 Å². The summed E-state index contributed by atoms with van der Waals surface area (Å²) in [6.45, 7) is 6.08. The molecule has 0 spiro atoms. The maximum absolute atomic E-state index is 11.9. The van der Waals surface area contributed by atoms with Gasteiger partial charge in [0.1, 0.15) is 12.3 Å². The van der Waals surface area contributed by atoms with E-state index < -0.39 is 37.8 Å².